The molecule has 1 atom stereocenters. The quantitative estimate of drug-likeness (QED) is 0.799. The van der Waals surface area contributed by atoms with Crippen molar-refractivity contribution in [2.45, 2.75) is 26.3 Å². The van der Waals surface area contributed by atoms with Gasteiger partial charge in [0.15, 0.2) is 6.61 Å². The van der Waals surface area contributed by atoms with E-state index < -0.39 is 5.97 Å². The molecule has 0 bridgehead atoms. The van der Waals surface area contributed by atoms with Crippen LogP contribution < -0.4 is 5.32 Å². The van der Waals surface area contributed by atoms with Gasteiger partial charge < -0.3 is 15.2 Å². The van der Waals surface area contributed by atoms with E-state index in [4.69, 9.17) is 4.74 Å². The summed E-state index contributed by atoms with van der Waals surface area (Å²) in [5.41, 5.74) is 2.45. The van der Waals surface area contributed by atoms with Crippen LogP contribution in [-0.4, -0.2) is 23.6 Å². The maximum absolute atomic E-state index is 12.0. The summed E-state index contributed by atoms with van der Waals surface area (Å²) in [5.74, 6) is -0.892. The minimum absolute atomic E-state index is 0.0631. The first-order chi connectivity index (χ1) is 11.5. The van der Waals surface area contributed by atoms with Crippen LogP contribution >= 0.6 is 0 Å². The second-order valence-electron chi connectivity index (χ2n) is 5.56. The number of ether oxygens (including phenoxy) is 1. The second-order valence-corrected chi connectivity index (χ2v) is 5.56. The fourth-order valence-electron chi connectivity index (χ4n) is 2.27. The topological polar surface area (TPSA) is 75.6 Å². The second kappa shape index (κ2) is 8.15. The van der Waals surface area contributed by atoms with Crippen LogP contribution in [-0.2, 0) is 9.53 Å². The Balaban J connectivity index is 1.88. The van der Waals surface area contributed by atoms with Crippen molar-refractivity contribution < 1.29 is 19.4 Å². The molecule has 5 nitrogen and oxygen atoms in total. The van der Waals surface area contributed by atoms with E-state index in [1.807, 2.05) is 38.1 Å². The van der Waals surface area contributed by atoms with E-state index in [9.17, 15) is 14.7 Å². The average Bonchev–Trinajstić information content (AvgIpc) is 2.59. The van der Waals surface area contributed by atoms with E-state index in [-0.39, 0.29) is 29.9 Å². The Kier molecular flexibility index (Phi) is 5.95. The summed E-state index contributed by atoms with van der Waals surface area (Å²) in [5, 5.41) is 12.1. The van der Waals surface area contributed by atoms with Gasteiger partial charge in [-0.2, -0.15) is 0 Å². The van der Waals surface area contributed by atoms with Gasteiger partial charge in [-0.15, -0.1) is 0 Å². The first kappa shape index (κ1) is 17.5. The predicted octanol–water partition coefficient (Wildman–Crippen LogP) is 3.12. The maximum Gasteiger partial charge on any atom is 0.338 e. The summed E-state index contributed by atoms with van der Waals surface area (Å²) >= 11 is 0. The molecule has 0 saturated carbocycles. The highest BCUT2D eigenvalue weighted by atomic mass is 16.5. The standard InChI is InChI=1S/C19H21NO4/c1-3-17(14-6-4-13(2)5-7-14)20-18(22)12-24-19(23)15-8-10-16(21)11-9-15/h4-11,17,21H,3,12H2,1-2H3,(H,20,22)/t17-/m1/s1. The lowest BCUT2D eigenvalue weighted by Gasteiger charge is -2.17. The lowest BCUT2D eigenvalue weighted by Crippen LogP contribution is -2.32. The molecule has 0 aromatic heterocycles. The minimum atomic E-state index is -0.603. The fraction of sp³-hybridized carbons (Fsp3) is 0.263. The van der Waals surface area contributed by atoms with E-state index in [0.717, 1.165) is 17.5 Å². The zero-order valence-electron chi connectivity index (χ0n) is 13.8. The van der Waals surface area contributed by atoms with Crippen molar-refractivity contribution in [1.29, 1.82) is 0 Å². The lowest BCUT2D eigenvalue weighted by molar-refractivity contribution is -0.125. The highest BCUT2D eigenvalue weighted by molar-refractivity contribution is 5.91. The third-order valence-corrected chi connectivity index (χ3v) is 3.66. The SMILES string of the molecule is CC[C@@H](NC(=O)COC(=O)c1ccc(O)cc1)c1ccc(C)cc1. The van der Waals surface area contributed by atoms with Gasteiger partial charge in [-0.1, -0.05) is 36.8 Å². The number of amides is 1. The highest BCUT2D eigenvalue weighted by Crippen LogP contribution is 2.17. The minimum Gasteiger partial charge on any atom is -0.508 e. The van der Waals surface area contributed by atoms with Crippen LogP contribution in [0.5, 0.6) is 5.75 Å². The number of esters is 1. The van der Waals surface area contributed by atoms with E-state index in [1.165, 1.54) is 24.3 Å². The van der Waals surface area contributed by atoms with E-state index in [2.05, 4.69) is 5.32 Å². The summed E-state index contributed by atoms with van der Waals surface area (Å²) in [7, 11) is 0. The van der Waals surface area contributed by atoms with Crippen LogP contribution in [0.2, 0.25) is 0 Å². The molecular weight excluding hydrogens is 306 g/mol. The van der Waals surface area contributed by atoms with Gasteiger partial charge in [0.25, 0.3) is 5.91 Å². The number of benzene rings is 2. The summed E-state index contributed by atoms with van der Waals surface area (Å²) < 4.78 is 5.00. The third-order valence-electron chi connectivity index (χ3n) is 3.66. The predicted molar refractivity (Wildman–Crippen MR) is 90.7 cm³/mol. The molecule has 0 spiro atoms. The molecule has 0 aliphatic carbocycles. The first-order valence-electron chi connectivity index (χ1n) is 7.81. The maximum atomic E-state index is 12.0. The number of hydrogen-bond donors (Lipinski definition) is 2. The molecule has 0 aliphatic rings. The van der Waals surface area contributed by atoms with Crippen molar-refractivity contribution in [3.05, 3.63) is 65.2 Å². The molecule has 0 radical (unpaired) electrons. The van der Waals surface area contributed by atoms with E-state index in [1.54, 1.807) is 0 Å². The molecule has 24 heavy (non-hydrogen) atoms. The van der Waals surface area contributed by atoms with Crippen LogP contribution in [0.15, 0.2) is 48.5 Å². The van der Waals surface area contributed by atoms with Crippen LogP contribution in [0.3, 0.4) is 0 Å². The molecule has 2 aromatic rings. The van der Waals surface area contributed by atoms with Crippen molar-refractivity contribution in [3.63, 3.8) is 0 Å². The molecule has 0 aliphatic heterocycles. The molecule has 1 amide bonds. The Morgan fingerprint density at radius 3 is 2.29 bits per heavy atom. The Morgan fingerprint density at radius 1 is 1.08 bits per heavy atom. The molecule has 2 rings (SSSR count). The fourth-order valence-corrected chi connectivity index (χ4v) is 2.27. The summed E-state index contributed by atoms with van der Waals surface area (Å²) in [6, 6.07) is 13.5. The number of rotatable bonds is 6. The molecule has 2 aromatic carbocycles. The Labute approximate surface area is 141 Å². The number of carbonyl (C=O) groups is 2. The van der Waals surface area contributed by atoms with Crippen LogP contribution in [0.25, 0.3) is 0 Å². The average molecular weight is 327 g/mol. The van der Waals surface area contributed by atoms with Gasteiger partial charge in [-0.3, -0.25) is 4.79 Å². The van der Waals surface area contributed by atoms with E-state index in [0.29, 0.717) is 0 Å². The summed E-state index contributed by atoms with van der Waals surface area (Å²) in [4.78, 5) is 23.9. The van der Waals surface area contributed by atoms with E-state index >= 15 is 0 Å². The van der Waals surface area contributed by atoms with Gasteiger partial charge in [-0.25, -0.2) is 4.79 Å². The highest BCUT2D eigenvalue weighted by Gasteiger charge is 2.15. The number of phenolic OH excluding ortho intramolecular Hbond substituents is 1. The van der Waals surface area contributed by atoms with Crippen molar-refractivity contribution in [2.24, 2.45) is 0 Å². The molecule has 126 valence electrons. The number of aryl methyl sites for hydroxylation is 1. The van der Waals surface area contributed by atoms with Crippen LogP contribution in [0, 0.1) is 6.92 Å². The Bertz CT molecular complexity index is 692. The number of hydrogen-bond acceptors (Lipinski definition) is 4. The molecule has 0 unspecified atom stereocenters. The number of phenols is 1. The number of aromatic hydroxyl groups is 1. The number of carbonyl (C=O) groups excluding carboxylic acids is 2. The molecule has 0 saturated heterocycles. The molecular formula is C19H21NO4. The monoisotopic (exact) mass is 327 g/mol. The van der Waals surface area contributed by atoms with Crippen LogP contribution in [0.1, 0.15) is 40.9 Å². The molecule has 2 N–H and O–H groups in total. The zero-order chi connectivity index (χ0) is 17.5. The Morgan fingerprint density at radius 2 is 1.71 bits per heavy atom. The van der Waals surface area contributed by atoms with Gasteiger partial charge in [0, 0.05) is 0 Å². The normalized spacial score (nSPS) is 11.6. The summed E-state index contributed by atoms with van der Waals surface area (Å²) in [6.45, 7) is 3.64. The third kappa shape index (κ3) is 4.84. The number of nitrogens with one attached hydrogen (secondary N) is 1. The zero-order valence-corrected chi connectivity index (χ0v) is 13.8. The first-order valence-corrected chi connectivity index (χ1v) is 7.81. The Hall–Kier alpha value is -2.82. The van der Waals surface area contributed by atoms with Crippen molar-refractivity contribution in [3.8, 4) is 5.75 Å². The van der Waals surface area contributed by atoms with Gasteiger partial charge >= 0.3 is 5.97 Å². The largest absolute Gasteiger partial charge is 0.508 e. The van der Waals surface area contributed by atoms with Gasteiger partial charge in [-0.05, 0) is 43.2 Å². The van der Waals surface area contributed by atoms with Gasteiger partial charge in [0.2, 0.25) is 0 Å². The van der Waals surface area contributed by atoms with Gasteiger partial charge in [0.1, 0.15) is 5.75 Å². The van der Waals surface area contributed by atoms with Crippen molar-refractivity contribution in [2.75, 3.05) is 6.61 Å². The summed E-state index contributed by atoms with van der Waals surface area (Å²) in [6.07, 6.45) is 0.737. The molecule has 0 fully saturated rings. The van der Waals surface area contributed by atoms with Gasteiger partial charge in [0.05, 0.1) is 11.6 Å². The van der Waals surface area contributed by atoms with Crippen LogP contribution in [0.4, 0.5) is 0 Å². The van der Waals surface area contributed by atoms with Crippen molar-refractivity contribution in [1.82, 2.24) is 5.32 Å². The molecule has 0 heterocycles. The van der Waals surface area contributed by atoms with Crippen molar-refractivity contribution >= 4 is 11.9 Å². The smallest absolute Gasteiger partial charge is 0.338 e. The molecule has 5 heteroatoms. The lowest BCUT2D eigenvalue weighted by atomic mass is 10.0.